The summed E-state index contributed by atoms with van der Waals surface area (Å²) in [5, 5.41) is 10.5. The van der Waals surface area contributed by atoms with E-state index < -0.39 is 5.60 Å². The van der Waals surface area contributed by atoms with Gasteiger partial charge >= 0.3 is 0 Å². The van der Waals surface area contributed by atoms with E-state index in [1.807, 2.05) is 19.1 Å². The van der Waals surface area contributed by atoms with Gasteiger partial charge in [0.1, 0.15) is 17.0 Å². The zero-order valence-corrected chi connectivity index (χ0v) is 11.7. The van der Waals surface area contributed by atoms with Gasteiger partial charge in [0, 0.05) is 17.4 Å². The van der Waals surface area contributed by atoms with Crippen molar-refractivity contribution in [2.45, 2.75) is 51.7 Å². The van der Waals surface area contributed by atoms with Gasteiger partial charge in [-0.25, -0.2) is 0 Å². The van der Waals surface area contributed by atoms with E-state index >= 15 is 0 Å². The first-order valence-corrected chi connectivity index (χ1v) is 6.84. The van der Waals surface area contributed by atoms with Crippen LogP contribution in [0.2, 0.25) is 0 Å². The van der Waals surface area contributed by atoms with Crippen molar-refractivity contribution in [2.75, 3.05) is 0 Å². The second kappa shape index (κ2) is 3.51. The maximum atomic E-state index is 10.5. The van der Waals surface area contributed by atoms with Gasteiger partial charge in [0.25, 0.3) is 0 Å². The number of fused-ring (bicyclic) bond motifs is 2. The Morgan fingerprint density at radius 2 is 2.06 bits per heavy atom. The van der Waals surface area contributed by atoms with Gasteiger partial charge in [0.05, 0.1) is 0 Å². The Labute approximate surface area is 109 Å². The molecular formula is C16H22O2. The predicted molar refractivity (Wildman–Crippen MR) is 71.9 cm³/mol. The lowest BCUT2D eigenvalue weighted by Gasteiger charge is -2.47. The molecule has 0 spiro atoms. The smallest absolute Gasteiger partial charge is 0.122 e. The predicted octanol–water partition coefficient (Wildman–Crippen LogP) is 3.34. The first-order chi connectivity index (χ1) is 8.31. The minimum Gasteiger partial charge on any atom is -0.487 e. The van der Waals surface area contributed by atoms with Crippen LogP contribution in [0.4, 0.5) is 0 Å². The zero-order chi connectivity index (χ0) is 13.1. The Morgan fingerprint density at radius 3 is 2.78 bits per heavy atom. The third-order valence-corrected chi connectivity index (χ3v) is 4.72. The molecule has 2 nitrogen and oxygen atoms in total. The monoisotopic (exact) mass is 246 g/mol. The molecule has 3 atom stereocenters. The third-order valence-electron chi connectivity index (χ3n) is 4.72. The minimum absolute atomic E-state index is 0.147. The van der Waals surface area contributed by atoms with Crippen LogP contribution >= 0.6 is 0 Å². The maximum absolute atomic E-state index is 10.5. The molecule has 0 fully saturated rings. The molecule has 1 aliphatic heterocycles. The van der Waals surface area contributed by atoms with Gasteiger partial charge < -0.3 is 9.84 Å². The topological polar surface area (TPSA) is 29.5 Å². The number of rotatable bonds is 0. The van der Waals surface area contributed by atoms with Crippen LogP contribution in [0.15, 0.2) is 35.1 Å². The molecule has 0 aromatic heterocycles. The second-order valence-corrected chi connectivity index (χ2v) is 6.65. The number of hydrogen-bond acceptors (Lipinski definition) is 2. The Bertz CT molecular complexity index is 477. The molecule has 2 heteroatoms. The summed E-state index contributed by atoms with van der Waals surface area (Å²) in [7, 11) is 0. The zero-order valence-electron chi connectivity index (χ0n) is 11.7. The molecule has 2 aliphatic carbocycles. The standard InChI is InChI=1S/C16H22O2/c1-10-5-6-12-11(9-10)14-13(18-15(12,2)3)7-8-16(14,4)17/h7-9,11-12,17H,5-6H2,1-4H3/t11?,12?,16-/m0/s1. The van der Waals surface area contributed by atoms with Crippen molar-refractivity contribution in [2.24, 2.45) is 11.8 Å². The number of ether oxygens (including phenoxy) is 1. The lowest BCUT2D eigenvalue weighted by Crippen LogP contribution is -2.46. The van der Waals surface area contributed by atoms with E-state index in [4.69, 9.17) is 4.74 Å². The summed E-state index contributed by atoms with van der Waals surface area (Å²) in [6.45, 7) is 8.39. The van der Waals surface area contributed by atoms with Gasteiger partial charge in [-0.2, -0.15) is 0 Å². The molecule has 18 heavy (non-hydrogen) atoms. The maximum Gasteiger partial charge on any atom is 0.122 e. The molecule has 0 radical (unpaired) electrons. The van der Waals surface area contributed by atoms with Crippen molar-refractivity contribution in [1.82, 2.24) is 0 Å². The van der Waals surface area contributed by atoms with E-state index in [0.29, 0.717) is 11.8 Å². The van der Waals surface area contributed by atoms with Crippen LogP contribution in [0.5, 0.6) is 0 Å². The molecule has 98 valence electrons. The summed E-state index contributed by atoms with van der Waals surface area (Å²) < 4.78 is 6.14. The fraction of sp³-hybridized carbons (Fsp3) is 0.625. The van der Waals surface area contributed by atoms with Crippen LogP contribution in [0.1, 0.15) is 40.5 Å². The molecule has 0 saturated heterocycles. The van der Waals surface area contributed by atoms with E-state index in [0.717, 1.165) is 24.2 Å². The average molecular weight is 246 g/mol. The van der Waals surface area contributed by atoms with E-state index in [2.05, 4.69) is 26.8 Å². The van der Waals surface area contributed by atoms with Crippen LogP contribution in [0, 0.1) is 11.8 Å². The van der Waals surface area contributed by atoms with Crippen LogP contribution in [-0.4, -0.2) is 16.3 Å². The molecule has 3 aliphatic rings. The summed E-state index contributed by atoms with van der Waals surface area (Å²) in [6, 6.07) is 0. The highest BCUT2D eigenvalue weighted by Gasteiger charge is 2.50. The van der Waals surface area contributed by atoms with Gasteiger partial charge in [0.15, 0.2) is 0 Å². The quantitative estimate of drug-likeness (QED) is 0.664. The van der Waals surface area contributed by atoms with Crippen molar-refractivity contribution in [3.8, 4) is 0 Å². The fourth-order valence-electron chi connectivity index (χ4n) is 3.75. The lowest BCUT2D eigenvalue weighted by atomic mass is 9.66. The number of aliphatic hydroxyl groups is 1. The highest BCUT2D eigenvalue weighted by Crippen LogP contribution is 2.52. The molecule has 0 aromatic carbocycles. The van der Waals surface area contributed by atoms with Crippen LogP contribution < -0.4 is 0 Å². The summed E-state index contributed by atoms with van der Waals surface area (Å²) in [6.07, 6.45) is 8.42. The second-order valence-electron chi connectivity index (χ2n) is 6.65. The molecule has 2 unspecified atom stereocenters. The molecule has 0 saturated carbocycles. The van der Waals surface area contributed by atoms with Crippen LogP contribution in [0.3, 0.4) is 0 Å². The Kier molecular flexibility index (Phi) is 2.34. The van der Waals surface area contributed by atoms with Gasteiger partial charge in [-0.1, -0.05) is 11.6 Å². The summed E-state index contributed by atoms with van der Waals surface area (Å²) in [5.74, 6) is 1.67. The van der Waals surface area contributed by atoms with Gasteiger partial charge in [-0.15, -0.1) is 0 Å². The fourth-order valence-corrected chi connectivity index (χ4v) is 3.75. The van der Waals surface area contributed by atoms with Crippen molar-refractivity contribution >= 4 is 0 Å². The molecule has 0 bridgehead atoms. The van der Waals surface area contributed by atoms with Gasteiger partial charge in [0.2, 0.25) is 0 Å². The molecule has 0 aromatic rings. The number of allylic oxidation sites excluding steroid dienone is 3. The third kappa shape index (κ3) is 1.58. The molecule has 0 amide bonds. The molecular weight excluding hydrogens is 224 g/mol. The Morgan fingerprint density at radius 1 is 1.33 bits per heavy atom. The lowest BCUT2D eigenvalue weighted by molar-refractivity contribution is -0.0545. The molecule has 1 N–H and O–H groups in total. The minimum atomic E-state index is -0.844. The average Bonchev–Trinajstić information content (AvgIpc) is 2.52. The normalized spacial score (nSPS) is 41.1. The van der Waals surface area contributed by atoms with E-state index in [1.54, 1.807) is 0 Å². The van der Waals surface area contributed by atoms with E-state index in [9.17, 15) is 5.11 Å². The largest absolute Gasteiger partial charge is 0.487 e. The van der Waals surface area contributed by atoms with Gasteiger partial charge in [-0.05, 0) is 52.7 Å². The van der Waals surface area contributed by atoms with E-state index in [-0.39, 0.29) is 5.60 Å². The van der Waals surface area contributed by atoms with Crippen molar-refractivity contribution < 1.29 is 9.84 Å². The molecule has 3 rings (SSSR count). The Hall–Kier alpha value is -1.02. The highest BCUT2D eigenvalue weighted by molar-refractivity contribution is 5.46. The van der Waals surface area contributed by atoms with Crippen molar-refractivity contribution in [3.05, 3.63) is 35.1 Å². The summed E-state index contributed by atoms with van der Waals surface area (Å²) in [5.41, 5.74) is 1.50. The SMILES string of the molecule is CC1=CC2C3=C(C=C[C@]3(C)O)OC(C)(C)C2CC1. The van der Waals surface area contributed by atoms with Gasteiger partial charge in [-0.3, -0.25) is 0 Å². The molecule has 1 heterocycles. The highest BCUT2D eigenvalue weighted by atomic mass is 16.5. The summed E-state index contributed by atoms with van der Waals surface area (Å²) >= 11 is 0. The Balaban J connectivity index is 2.13. The first kappa shape index (κ1) is 12.0. The number of hydrogen-bond donors (Lipinski definition) is 1. The van der Waals surface area contributed by atoms with E-state index in [1.165, 1.54) is 5.57 Å². The summed E-state index contributed by atoms with van der Waals surface area (Å²) in [4.78, 5) is 0. The van der Waals surface area contributed by atoms with Crippen LogP contribution in [-0.2, 0) is 4.74 Å². The van der Waals surface area contributed by atoms with Crippen LogP contribution in [0.25, 0.3) is 0 Å². The van der Waals surface area contributed by atoms with Crippen molar-refractivity contribution in [3.63, 3.8) is 0 Å². The first-order valence-electron chi connectivity index (χ1n) is 6.84. The van der Waals surface area contributed by atoms with Crippen molar-refractivity contribution in [1.29, 1.82) is 0 Å².